The summed E-state index contributed by atoms with van der Waals surface area (Å²) in [5.41, 5.74) is 0. The summed E-state index contributed by atoms with van der Waals surface area (Å²) in [7, 11) is 0. The third-order valence-electron chi connectivity index (χ3n) is 1.98. The van der Waals surface area contributed by atoms with Crippen molar-refractivity contribution in [3.8, 4) is 0 Å². The first-order valence-corrected chi connectivity index (χ1v) is 4.40. The summed E-state index contributed by atoms with van der Waals surface area (Å²) in [6, 6.07) is 0. The van der Waals surface area contributed by atoms with Gasteiger partial charge in [0, 0.05) is 13.1 Å². The van der Waals surface area contributed by atoms with Gasteiger partial charge in [0.1, 0.15) is 0 Å². The number of likely N-dealkylation sites (tertiary alicyclic amines) is 1. The van der Waals surface area contributed by atoms with Crippen molar-refractivity contribution in [1.82, 2.24) is 4.90 Å². The average molecular weight is 185 g/mol. The molecule has 1 amide bonds. The third kappa shape index (κ3) is 3.06. The number of allylic oxidation sites excluding steroid dienone is 1. The molecule has 0 aliphatic carbocycles. The highest BCUT2D eigenvalue weighted by Crippen LogP contribution is 2.11. The Morgan fingerprint density at radius 1 is 1.54 bits per heavy atom. The minimum Gasteiger partial charge on any atom is -0.416 e. The molecule has 0 spiro atoms. The van der Waals surface area contributed by atoms with Crippen LogP contribution in [0.2, 0.25) is 0 Å². The van der Waals surface area contributed by atoms with Crippen LogP contribution < -0.4 is 0 Å². The molecular formula is C9H15NO3. The van der Waals surface area contributed by atoms with Gasteiger partial charge in [-0.2, -0.15) is 0 Å². The predicted octanol–water partition coefficient (Wildman–Crippen LogP) is 1.11. The Hall–Kier alpha value is -1.03. The van der Waals surface area contributed by atoms with E-state index in [0.29, 0.717) is 31.7 Å². The van der Waals surface area contributed by atoms with E-state index in [-0.39, 0.29) is 12.2 Å². The Morgan fingerprint density at radius 3 is 2.54 bits per heavy atom. The molecule has 1 aliphatic heterocycles. The van der Waals surface area contributed by atoms with Gasteiger partial charge in [-0.1, -0.05) is 6.58 Å². The summed E-state index contributed by atoms with van der Waals surface area (Å²) in [4.78, 5) is 12.9. The number of carbonyl (C=O) groups is 1. The zero-order valence-electron chi connectivity index (χ0n) is 7.82. The highest BCUT2D eigenvalue weighted by atomic mass is 16.6. The molecule has 1 aliphatic rings. The topological polar surface area (TPSA) is 49.8 Å². The molecule has 1 heterocycles. The van der Waals surface area contributed by atoms with Gasteiger partial charge in [-0.25, -0.2) is 4.79 Å². The minimum absolute atomic E-state index is 0.270. The molecule has 0 aromatic heterocycles. The lowest BCUT2D eigenvalue weighted by Crippen LogP contribution is -2.40. The van der Waals surface area contributed by atoms with E-state index in [1.54, 1.807) is 11.8 Å². The van der Waals surface area contributed by atoms with Crippen LogP contribution in [0.5, 0.6) is 0 Å². The molecule has 0 radical (unpaired) electrons. The monoisotopic (exact) mass is 185 g/mol. The molecule has 0 unspecified atom stereocenters. The number of hydrogen-bond acceptors (Lipinski definition) is 3. The van der Waals surface area contributed by atoms with Crippen LogP contribution in [0.1, 0.15) is 19.8 Å². The standard InChI is InChI=1S/C9H15NO3/c1-7(2)13-9(12)10-5-3-8(11)4-6-10/h8,11H,1,3-6H2,2H3. The van der Waals surface area contributed by atoms with E-state index < -0.39 is 0 Å². The van der Waals surface area contributed by atoms with E-state index in [0.717, 1.165) is 0 Å². The lowest BCUT2D eigenvalue weighted by atomic mass is 10.1. The van der Waals surface area contributed by atoms with Gasteiger partial charge in [0.25, 0.3) is 0 Å². The second kappa shape index (κ2) is 4.28. The average Bonchev–Trinajstić information content (AvgIpc) is 2.04. The predicted molar refractivity (Wildman–Crippen MR) is 48.1 cm³/mol. The number of aliphatic hydroxyl groups excluding tert-OH is 1. The lowest BCUT2D eigenvalue weighted by Gasteiger charge is -2.28. The zero-order chi connectivity index (χ0) is 9.84. The van der Waals surface area contributed by atoms with Gasteiger partial charge in [-0.05, 0) is 19.8 Å². The Morgan fingerprint density at radius 2 is 2.08 bits per heavy atom. The molecule has 1 saturated heterocycles. The summed E-state index contributed by atoms with van der Waals surface area (Å²) >= 11 is 0. The highest BCUT2D eigenvalue weighted by molar-refractivity contribution is 5.68. The van der Waals surface area contributed by atoms with Crippen molar-refractivity contribution in [3.05, 3.63) is 12.3 Å². The van der Waals surface area contributed by atoms with Crippen LogP contribution in [0.15, 0.2) is 12.3 Å². The maximum atomic E-state index is 11.3. The Labute approximate surface area is 77.8 Å². The molecule has 4 nitrogen and oxygen atoms in total. The largest absolute Gasteiger partial charge is 0.416 e. The fraction of sp³-hybridized carbons (Fsp3) is 0.667. The van der Waals surface area contributed by atoms with Crippen molar-refractivity contribution in [2.45, 2.75) is 25.9 Å². The number of nitrogens with zero attached hydrogens (tertiary/aromatic N) is 1. The van der Waals surface area contributed by atoms with E-state index in [4.69, 9.17) is 4.74 Å². The van der Waals surface area contributed by atoms with Gasteiger partial charge < -0.3 is 14.7 Å². The molecule has 0 bridgehead atoms. The molecule has 1 N–H and O–H groups in total. The van der Waals surface area contributed by atoms with Crippen LogP contribution in [0, 0.1) is 0 Å². The molecule has 4 heteroatoms. The van der Waals surface area contributed by atoms with Gasteiger partial charge in [-0.3, -0.25) is 0 Å². The first-order chi connectivity index (χ1) is 6.09. The number of piperidine rings is 1. The Kier molecular flexibility index (Phi) is 3.31. The van der Waals surface area contributed by atoms with Crippen LogP contribution in [0.25, 0.3) is 0 Å². The molecular weight excluding hydrogens is 170 g/mol. The molecule has 0 aromatic rings. The van der Waals surface area contributed by atoms with Gasteiger partial charge >= 0.3 is 6.09 Å². The number of carbonyl (C=O) groups excluding carboxylic acids is 1. The number of rotatable bonds is 1. The number of hydrogen-bond donors (Lipinski definition) is 1. The van der Waals surface area contributed by atoms with Gasteiger partial charge in [0.15, 0.2) is 0 Å². The van der Waals surface area contributed by atoms with E-state index in [1.165, 1.54) is 0 Å². The molecule has 1 rings (SSSR count). The van der Waals surface area contributed by atoms with E-state index >= 15 is 0 Å². The highest BCUT2D eigenvalue weighted by Gasteiger charge is 2.22. The second-order valence-electron chi connectivity index (χ2n) is 3.29. The van der Waals surface area contributed by atoms with E-state index in [2.05, 4.69) is 6.58 Å². The van der Waals surface area contributed by atoms with Crippen LogP contribution in [-0.2, 0) is 4.74 Å². The normalized spacial score (nSPS) is 18.5. The molecule has 1 fully saturated rings. The summed E-state index contributed by atoms with van der Waals surface area (Å²) in [6.07, 6.45) is 0.629. The van der Waals surface area contributed by atoms with Gasteiger partial charge in [-0.15, -0.1) is 0 Å². The van der Waals surface area contributed by atoms with Crippen LogP contribution in [0.3, 0.4) is 0 Å². The second-order valence-corrected chi connectivity index (χ2v) is 3.29. The molecule has 0 saturated carbocycles. The maximum Gasteiger partial charge on any atom is 0.414 e. The molecule has 0 aromatic carbocycles. The van der Waals surface area contributed by atoms with Crippen molar-refractivity contribution >= 4 is 6.09 Å². The lowest BCUT2D eigenvalue weighted by molar-refractivity contribution is 0.0710. The Bertz CT molecular complexity index is 207. The van der Waals surface area contributed by atoms with Crippen molar-refractivity contribution in [2.24, 2.45) is 0 Å². The van der Waals surface area contributed by atoms with Crippen molar-refractivity contribution < 1.29 is 14.6 Å². The minimum atomic E-state index is -0.362. The summed E-state index contributed by atoms with van der Waals surface area (Å²) in [5, 5.41) is 9.19. The van der Waals surface area contributed by atoms with Crippen LogP contribution >= 0.6 is 0 Å². The van der Waals surface area contributed by atoms with Crippen LogP contribution in [-0.4, -0.2) is 35.3 Å². The summed E-state index contributed by atoms with van der Waals surface area (Å²) in [5.74, 6) is 0.399. The van der Waals surface area contributed by atoms with Crippen LogP contribution in [0.4, 0.5) is 4.79 Å². The molecule has 13 heavy (non-hydrogen) atoms. The smallest absolute Gasteiger partial charge is 0.414 e. The van der Waals surface area contributed by atoms with Crippen molar-refractivity contribution in [3.63, 3.8) is 0 Å². The van der Waals surface area contributed by atoms with Crippen molar-refractivity contribution in [2.75, 3.05) is 13.1 Å². The summed E-state index contributed by atoms with van der Waals surface area (Å²) in [6.45, 7) is 6.25. The quantitative estimate of drug-likeness (QED) is 0.623. The van der Waals surface area contributed by atoms with Crippen molar-refractivity contribution in [1.29, 1.82) is 0 Å². The first-order valence-electron chi connectivity index (χ1n) is 4.40. The van der Waals surface area contributed by atoms with Gasteiger partial charge in [0.2, 0.25) is 0 Å². The Balaban J connectivity index is 2.36. The molecule has 0 atom stereocenters. The first kappa shape index (κ1) is 10.1. The zero-order valence-corrected chi connectivity index (χ0v) is 7.82. The SMILES string of the molecule is C=C(C)OC(=O)N1CCC(O)CC1. The number of aliphatic hydroxyl groups is 1. The number of ether oxygens (including phenoxy) is 1. The fourth-order valence-corrected chi connectivity index (χ4v) is 1.26. The fourth-order valence-electron chi connectivity index (χ4n) is 1.26. The van der Waals surface area contributed by atoms with E-state index in [9.17, 15) is 9.90 Å². The molecule has 74 valence electrons. The van der Waals surface area contributed by atoms with Gasteiger partial charge in [0.05, 0.1) is 11.9 Å². The maximum absolute atomic E-state index is 11.3. The third-order valence-corrected chi connectivity index (χ3v) is 1.98. The number of amides is 1. The van der Waals surface area contributed by atoms with E-state index in [1.807, 2.05) is 0 Å². The summed E-state index contributed by atoms with van der Waals surface area (Å²) < 4.78 is 4.84.